The second-order valence-electron chi connectivity index (χ2n) is 4.24. The van der Waals surface area contributed by atoms with Gasteiger partial charge in [-0.2, -0.15) is 0 Å². The van der Waals surface area contributed by atoms with Crippen LogP contribution >= 0.6 is 0 Å². The van der Waals surface area contributed by atoms with E-state index < -0.39 is 0 Å². The Kier molecular flexibility index (Phi) is 4.99. The van der Waals surface area contributed by atoms with Gasteiger partial charge in [0.2, 0.25) is 0 Å². The van der Waals surface area contributed by atoms with Crippen LogP contribution in [0.3, 0.4) is 0 Å². The first-order valence-electron chi connectivity index (χ1n) is 5.49. The van der Waals surface area contributed by atoms with Crippen molar-refractivity contribution in [2.24, 2.45) is 0 Å². The van der Waals surface area contributed by atoms with E-state index in [-0.39, 0.29) is 18.5 Å². The van der Waals surface area contributed by atoms with Gasteiger partial charge >= 0.3 is 0 Å². The number of rotatable bonds is 4. The van der Waals surface area contributed by atoms with Crippen LogP contribution < -0.4 is 0 Å². The number of carbonyl (C=O) groups excluding carboxylic acids is 1. The Morgan fingerprint density at radius 2 is 1.87 bits per heavy atom. The van der Waals surface area contributed by atoms with Gasteiger partial charge in [-0.1, -0.05) is 11.6 Å². The third-order valence-electron chi connectivity index (χ3n) is 2.44. The molecule has 0 aromatic rings. The van der Waals surface area contributed by atoms with Crippen molar-refractivity contribution in [2.75, 3.05) is 0 Å². The van der Waals surface area contributed by atoms with Crippen molar-refractivity contribution in [3.8, 4) is 0 Å². The summed E-state index contributed by atoms with van der Waals surface area (Å²) in [5, 5.41) is 0. The van der Waals surface area contributed by atoms with Gasteiger partial charge in [-0.05, 0) is 27.2 Å². The molecule has 0 aromatic carbocycles. The Labute approximate surface area is 91.4 Å². The standard InChI is InChI=1S/C12H20O3/c1-9(2)4-5-11-8-12(6-7-13)15-10(3)14-11/h4,7,10-12H,5-6,8H2,1-3H3. The zero-order valence-corrected chi connectivity index (χ0v) is 9.73. The first-order chi connectivity index (χ1) is 7.11. The highest BCUT2D eigenvalue weighted by Crippen LogP contribution is 2.22. The van der Waals surface area contributed by atoms with Crippen LogP contribution in [0, 0.1) is 0 Å². The van der Waals surface area contributed by atoms with E-state index in [4.69, 9.17) is 9.47 Å². The number of carbonyl (C=O) groups is 1. The normalized spacial score (nSPS) is 31.0. The molecule has 3 nitrogen and oxygen atoms in total. The van der Waals surface area contributed by atoms with Gasteiger partial charge in [0, 0.05) is 12.8 Å². The maximum atomic E-state index is 10.4. The molecule has 15 heavy (non-hydrogen) atoms. The van der Waals surface area contributed by atoms with Gasteiger partial charge in [-0.25, -0.2) is 0 Å². The lowest BCUT2D eigenvalue weighted by atomic mass is 10.0. The first-order valence-corrected chi connectivity index (χ1v) is 5.49. The summed E-state index contributed by atoms with van der Waals surface area (Å²) in [7, 11) is 0. The van der Waals surface area contributed by atoms with E-state index in [2.05, 4.69) is 19.9 Å². The number of allylic oxidation sites excluding steroid dienone is 1. The minimum Gasteiger partial charge on any atom is -0.349 e. The molecule has 1 aliphatic heterocycles. The van der Waals surface area contributed by atoms with Gasteiger partial charge in [-0.3, -0.25) is 0 Å². The van der Waals surface area contributed by atoms with Crippen LogP contribution in [0.2, 0.25) is 0 Å². The van der Waals surface area contributed by atoms with Crippen molar-refractivity contribution < 1.29 is 14.3 Å². The molecule has 3 unspecified atom stereocenters. The minimum absolute atomic E-state index is 0.0295. The van der Waals surface area contributed by atoms with Gasteiger partial charge in [0.1, 0.15) is 6.29 Å². The molecule has 0 aliphatic carbocycles. The van der Waals surface area contributed by atoms with Crippen LogP contribution in [-0.2, 0) is 14.3 Å². The van der Waals surface area contributed by atoms with Crippen molar-refractivity contribution in [3.63, 3.8) is 0 Å². The molecule has 1 heterocycles. The molecule has 1 aliphatic rings. The Balaban J connectivity index is 2.44. The van der Waals surface area contributed by atoms with Gasteiger partial charge in [0.15, 0.2) is 6.29 Å². The van der Waals surface area contributed by atoms with Crippen molar-refractivity contribution in [1.29, 1.82) is 0 Å². The molecule has 1 saturated heterocycles. The molecule has 3 atom stereocenters. The summed E-state index contributed by atoms with van der Waals surface area (Å²) in [6.45, 7) is 6.03. The second-order valence-corrected chi connectivity index (χ2v) is 4.24. The van der Waals surface area contributed by atoms with Crippen LogP contribution in [0.1, 0.15) is 40.0 Å². The first kappa shape index (κ1) is 12.4. The van der Waals surface area contributed by atoms with E-state index in [1.54, 1.807) is 0 Å². The molecule has 1 rings (SSSR count). The summed E-state index contributed by atoms with van der Waals surface area (Å²) in [6, 6.07) is 0. The maximum absolute atomic E-state index is 10.4. The highest BCUT2D eigenvalue weighted by atomic mass is 16.7. The summed E-state index contributed by atoms with van der Waals surface area (Å²) in [5.74, 6) is 0. The van der Waals surface area contributed by atoms with Crippen LogP contribution in [0.15, 0.2) is 11.6 Å². The fourth-order valence-corrected chi connectivity index (χ4v) is 1.76. The van der Waals surface area contributed by atoms with Gasteiger partial charge in [0.05, 0.1) is 12.2 Å². The molecule has 3 heteroatoms. The fraction of sp³-hybridized carbons (Fsp3) is 0.750. The lowest BCUT2D eigenvalue weighted by molar-refractivity contribution is -0.232. The Hall–Kier alpha value is -0.670. The smallest absolute Gasteiger partial charge is 0.155 e. The van der Waals surface area contributed by atoms with Crippen LogP contribution in [0.4, 0.5) is 0 Å². The molecule has 0 amide bonds. The molecule has 0 radical (unpaired) electrons. The average Bonchev–Trinajstić information content (AvgIpc) is 2.14. The lowest BCUT2D eigenvalue weighted by Crippen LogP contribution is -2.36. The van der Waals surface area contributed by atoms with Crippen molar-refractivity contribution in [1.82, 2.24) is 0 Å². The summed E-state index contributed by atoms with van der Waals surface area (Å²) in [5.41, 5.74) is 1.30. The molecule has 0 aromatic heterocycles. The van der Waals surface area contributed by atoms with E-state index in [0.717, 1.165) is 19.1 Å². The summed E-state index contributed by atoms with van der Waals surface area (Å²) in [6.07, 6.45) is 5.30. The van der Waals surface area contributed by atoms with Crippen molar-refractivity contribution in [3.05, 3.63) is 11.6 Å². The zero-order chi connectivity index (χ0) is 11.3. The monoisotopic (exact) mass is 212 g/mol. The third kappa shape index (κ3) is 4.58. The predicted octanol–water partition coefficient (Wildman–Crippen LogP) is 2.45. The minimum atomic E-state index is -0.195. The fourth-order valence-electron chi connectivity index (χ4n) is 1.76. The van der Waals surface area contributed by atoms with Gasteiger partial charge < -0.3 is 14.3 Å². The van der Waals surface area contributed by atoms with E-state index in [9.17, 15) is 4.79 Å². The highest BCUT2D eigenvalue weighted by Gasteiger charge is 2.26. The molecule has 0 saturated carbocycles. The molecule has 0 spiro atoms. The van der Waals surface area contributed by atoms with Crippen molar-refractivity contribution in [2.45, 2.75) is 58.5 Å². The van der Waals surface area contributed by atoms with Gasteiger partial charge in [-0.15, -0.1) is 0 Å². The van der Waals surface area contributed by atoms with Crippen molar-refractivity contribution >= 4 is 6.29 Å². The molecular formula is C12H20O3. The second kappa shape index (κ2) is 6.03. The SMILES string of the molecule is CC(C)=CCC1CC(CC=O)OC(C)O1. The van der Waals surface area contributed by atoms with Crippen LogP contribution in [0.25, 0.3) is 0 Å². The average molecular weight is 212 g/mol. The summed E-state index contributed by atoms with van der Waals surface area (Å²) >= 11 is 0. The highest BCUT2D eigenvalue weighted by molar-refractivity contribution is 5.50. The number of hydrogen-bond acceptors (Lipinski definition) is 3. The lowest BCUT2D eigenvalue weighted by Gasteiger charge is -2.33. The van der Waals surface area contributed by atoms with Crippen LogP contribution in [0.5, 0.6) is 0 Å². The number of hydrogen-bond donors (Lipinski definition) is 0. The molecular weight excluding hydrogens is 192 g/mol. The number of aldehydes is 1. The van der Waals surface area contributed by atoms with Gasteiger partial charge in [0.25, 0.3) is 0 Å². The molecule has 86 valence electrons. The maximum Gasteiger partial charge on any atom is 0.155 e. The zero-order valence-electron chi connectivity index (χ0n) is 9.73. The summed E-state index contributed by atoms with van der Waals surface area (Å²) < 4.78 is 11.1. The molecule has 0 bridgehead atoms. The third-order valence-corrected chi connectivity index (χ3v) is 2.44. The summed E-state index contributed by atoms with van der Waals surface area (Å²) in [4.78, 5) is 10.4. The van der Waals surface area contributed by atoms with E-state index in [1.165, 1.54) is 5.57 Å². The number of ether oxygens (including phenoxy) is 2. The van der Waals surface area contributed by atoms with E-state index in [1.807, 2.05) is 6.92 Å². The van der Waals surface area contributed by atoms with E-state index in [0.29, 0.717) is 6.42 Å². The Morgan fingerprint density at radius 1 is 1.27 bits per heavy atom. The topological polar surface area (TPSA) is 35.5 Å². The largest absolute Gasteiger partial charge is 0.349 e. The predicted molar refractivity (Wildman–Crippen MR) is 58.6 cm³/mol. The Morgan fingerprint density at radius 3 is 2.40 bits per heavy atom. The quantitative estimate of drug-likeness (QED) is 0.530. The molecule has 1 fully saturated rings. The van der Waals surface area contributed by atoms with Crippen LogP contribution in [-0.4, -0.2) is 24.8 Å². The molecule has 0 N–H and O–H groups in total. The van der Waals surface area contributed by atoms with E-state index >= 15 is 0 Å². The Bertz CT molecular complexity index is 231.